The van der Waals surface area contributed by atoms with Crippen molar-refractivity contribution < 1.29 is 21.6 Å². The van der Waals surface area contributed by atoms with Crippen molar-refractivity contribution in [3.8, 4) is 0 Å². The molecule has 1 heterocycles. The van der Waals surface area contributed by atoms with E-state index in [9.17, 15) is 21.6 Å². The zero-order valence-electron chi connectivity index (χ0n) is 12.4. The van der Waals surface area contributed by atoms with Gasteiger partial charge >= 0.3 is 15.5 Å². The molecular formula is C12H21F3N4O2S. The van der Waals surface area contributed by atoms with Gasteiger partial charge in [-0.15, -0.1) is 0 Å². The molecule has 2 rings (SSSR count). The molecule has 0 unspecified atom stereocenters. The number of alkyl halides is 3. The Morgan fingerprint density at radius 2 is 1.64 bits per heavy atom. The average molecular weight is 342 g/mol. The smallest absolute Gasteiger partial charge is 0.354 e. The van der Waals surface area contributed by atoms with Gasteiger partial charge in [0.05, 0.1) is 0 Å². The van der Waals surface area contributed by atoms with Gasteiger partial charge in [0, 0.05) is 31.7 Å². The van der Waals surface area contributed by atoms with Crippen LogP contribution < -0.4 is 10.6 Å². The molecule has 0 atom stereocenters. The van der Waals surface area contributed by atoms with Crippen molar-refractivity contribution in [2.45, 2.75) is 50.2 Å². The van der Waals surface area contributed by atoms with Gasteiger partial charge in [-0.2, -0.15) is 17.5 Å². The first-order chi connectivity index (χ1) is 10.2. The molecule has 0 aromatic heterocycles. The van der Waals surface area contributed by atoms with Crippen molar-refractivity contribution in [3.63, 3.8) is 0 Å². The van der Waals surface area contributed by atoms with Gasteiger partial charge in [0.2, 0.25) is 0 Å². The molecule has 128 valence electrons. The summed E-state index contributed by atoms with van der Waals surface area (Å²) in [5.74, 6) is 0.655. The fraction of sp³-hybridized carbons (Fsp3) is 0.917. The van der Waals surface area contributed by atoms with Crippen molar-refractivity contribution in [3.05, 3.63) is 0 Å². The molecule has 22 heavy (non-hydrogen) atoms. The summed E-state index contributed by atoms with van der Waals surface area (Å²) in [5, 5.41) is 6.41. The molecule has 0 aromatic carbocycles. The van der Waals surface area contributed by atoms with Crippen molar-refractivity contribution in [2.24, 2.45) is 4.99 Å². The highest BCUT2D eigenvalue weighted by Gasteiger charge is 2.50. The van der Waals surface area contributed by atoms with Gasteiger partial charge in [-0.25, -0.2) is 8.42 Å². The molecule has 0 bridgehead atoms. The Morgan fingerprint density at radius 1 is 1.14 bits per heavy atom. The van der Waals surface area contributed by atoms with E-state index in [1.54, 1.807) is 0 Å². The minimum absolute atomic E-state index is 0.0729. The highest BCUT2D eigenvalue weighted by molar-refractivity contribution is 7.90. The lowest BCUT2D eigenvalue weighted by Crippen LogP contribution is -2.52. The van der Waals surface area contributed by atoms with Crippen LogP contribution in [-0.4, -0.2) is 55.9 Å². The summed E-state index contributed by atoms with van der Waals surface area (Å²) in [4.78, 5) is 4.29. The maximum absolute atomic E-state index is 12.5. The third-order valence-electron chi connectivity index (χ3n) is 3.66. The number of hydrogen-bond acceptors (Lipinski definition) is 3. The molecule has 0 amide bonds. The van der Waals surface area contributed by atoms with Crippen LogP contribution in [0.4, 0.5) is 13.2 Å². The van der Waals surface area contributed by atoms with Gasteiger partial charge in [-0.05, 0) is 32.6 Å². The van der Waals surface area contributed by atoms with Gasteiger partial charge in [0.1, 0.15) is 0 Å². The SMILES string of the molecule is CCN=C(NC1CC1)NC1CCN(S(=O)(=O)C(F)(F)F)CC1. The van der Waals surface area contributed by atoms with Crippen molar-refractivity contribution in [2.75, 3.05) is 19.6 Å². The zero-order valence-corrected chi connectivity index (χ0v) is 13.2. The quantitative estimate of drug-likeness (QED) is 0.591. The first kappa shape index (κ1) is 17.3. The zero-order chi connectivity index (χ0) is 16.4. The summed E-state index contributed by atoms with van der Waals surface area (Å²) in [6.45, 7) is 2.23. The number of nitrogens with zero attached hydrogens (tertiary/aromatic N) is 2. The van der Waals surface area contributed by atoms with E-state index < -0.39 is 15.5 Å². The van der Waals surface area contributed by atoms with Gasteiger partial charge in [0.25, 0.3) is 0 Å². The number of aliphatic imine (C=N–C) groups is 1. The number of halogens is 3. The largest absolute Gasteiger partial charge is 0.511 e. The Labute approximate surface area is 128 Å². The van der Waals surface area contributed by atoms with E-state index in [1.807, 2.05) is 6.92 Å². The lowest BCUT2D eigenvalue weighted by atomic mass is 10.1. The molecule has 1 aliphatic heterocycles. The molecule has 0 spiro atoms. The normalized spacial score (nSPS) is 22.6. The maximum Gasteiger partial charge on any atom is 0.511 e. The molecule has 2 N–H and O–H groups in total. The van der Waals surface area contributed by atoms with Crippen LogP contribution in [-0.2, 0) is 10.0 Å². The second kappa shape index (κ2) is 6.61. The highest BCUT2D eigenvalue weighted by Crippen LogP contribution is 2.29. The van der Waals surface area contributed by atoms with E-state index in [-0.39, 0.29) is 19.1 Å². The molecule has 0 radical (unpaired) electrons. The van der Waals surface area contributed by atoms with Crippen molar-refractivity contribution >= 4 is 16.0 Å². The van der Waals surface area contributed by atoms with Gasteiger partial charge < -0.3 is 10.6 Å². The van der Waals surface area contributed by atoms with E-state index >= 15 is 0 Å². The molecule has 0 aromatic rings. The van der Waals surface area contributed by atoms with E-state index in [0.717, 1.165) is 12.8 Å². The monoisotopic (exact) mass is 342 g/mol. The van der Waals surface area contributed by atoms with Gasteiger partial charge in [-0.1, -0.05) is 0 Å². The average Bonchev–Trinajstić information content (AvgIpc) is 3.22. The predicted octanol–water partition coefficient (Wildman–Crippen LogP) is 1.02. The summed E-state index contributed by atoms with van der Waals surface area (Å²) in [6.07, 6.45) is 2.83. The summed E-state index contributed by atoms with van der Waals surface area (Å²) in [7, 11) is -5.21. The highest BCUT2D eigenvalue weighted by atomic mass is 32.2. The summed E-state index contributed by atoms with van der Waals surface area (Å²) < 4.78 is 60.7. The Kier molecular flexibility index (Phi) is 5.21. The number of rotatable bonds is 4. The Balaban J connectivity index is 1.87. The number of guanidine groups is 1. The molecule has 10 heteroatoms. The van der Waals surface area contributed by atoms with Crippen LogP contribution in [0.25, 0.3) is 0 Å². The standard InChI is InChI=1S/C12H21F3N4O2S/c1-2-16-11(17-9-3-4-9)18-10-5-7-19(8-6-10)22(20,21)12(13,14)15/h9-10H,2-8H2,1H3,(H2,16,17,18). The third-order valence-corrected chi connectivity index (χ3v) is 5.29. The fourth-order valence-electron chi connectivity index (χ4n) is 2.29. The molecule has 1 aliphatic carbocycles. The van der Waals surface area contributed by atoms with Crippen LogP contribution in [0.15, 0.2) is 4.99 Å². The number of sulfonamides is 1. The van der Waals surface area contributed by atoms with Crippen LogP contribution in [0, 0.1) is 0 Å². The van der Waals surface area contributed by atoms with Gasteiger partial charge in [0.15, 0.2) is 5.96 Å². The number of piperidine rings is 1. The first-order valence-corrected chi connectivity index (χ1v) is 8.82. The van der Waals surface area contributed by atoms with Gasteiger partial charge in [-0.3, -0.25) is 4.99 Å². The van der Waals surface area contributed by atoms with Crippen LogP contribution in [0.3, 0.4) is 0 Å². The van der Waals surface area contributed by atoms with E-state index in [1.165, 1.54) is 0 Å². The lowest BCUT2D eigenvalue weighted by Gasteiger charge is -2.32. The molecular weight excluding hydrogens is 321 g/mol. The maximum atomic E-state index is 12.5. The molecule has 2 aliphatic rings. The summed E-state index contributed by atoms with van der Waals surface area (Å²) >= 11 is 0. The Bertz CT molecular complexity index is 509. The van der Waals surface area contributed by atoms with Crippen molar-refractivity contribution in [1.29, 1.82) is 0 Å². The third kappa shape index (κ3) is 4.25. The first-order valence-electron chi connectivity index (χ1n) is 7.38. The minimum Gasteiger partial charge on any atom is -0.354 e. The van der Waals surface area contributed by atoms with Crippen LogP contribution in [0.5, 0.6) is 0 Å². The van der Waals surface area contributed by atoms with Crippen LogP contribution >= 0.6 is 0 Å². The van der Waals surface area contributed by atoms with E-state index in [4.69, 9.17) is 0 Å². The predicted molar refractivity (Wildman–Crippen MR) is 76.8 cm³/mol. The van der Waals surface area contributed by atoms with Crippen molar-refractivity contribution in [1.82, 2.24) is 14.9 Å². The number of nitrogens with one attached hydrogen (secondary N) is 2. The van der Waals surface area contributed by atoms with Crippen LogP contribution in [0.1, 0.15) is 32.6 Å². The summed E-state index contributed by atoms with van der Waals surface area (Å²) in [6, 6.07) is 0.347. The van der Waals surface area contributed by atoms with E-state index in [0.29, 0.717) is 35.7 Å². The second-order valence-corrected chi connectivity index (χ2v) is 7.44. The fourth-order valence-corrected chi connectivity index (χ4v) is 3.28. The Morgan fingerprint density at radius 3 is 2.05 bits per heavy atom. The second-order valence-electron chi connectivity index (χ2n) is 5.51. The lowest BCUT2D eigenvalue weighted by molar-refractivity contribution is -0.0494. The molecule has 6 nitrogen and oxygen atoms in total. The molecule has 1 saturated carbocycles. The summed E-state index contributed by atoms with van der Waals surface area (Å²) in [5.41, 5.74) is -5.23. The van der Waals surface area contributed by atoms with Crippen LogP contribution in [0.2, 0.25) is 0 Å². The molecule has 1 saturated heterocycles. The Hall–Kier alpha value is -1.03. The number of hydrogen-bond donors (Lipinski definition) is 2. The minimum atomic E-state index is -5.23. The topological polar surface area (TPSA) is 73.8 Å². The van der Waals surface area contributed by atoms with E-state index in [2.05, 4.69) is 15.6 Å². The molecule has 2 fully saturated rings.